The van der Waals surface area contributed by atoms with Gasteiger partial charge in [0.1, 0.15) is 5.75 Å². The van der Waals surface area contributed by atoms with E-state index < -0.39 is 22.0 Å². The predicted molar refractivity (Wildman–Crippen MR) is 60.2 cm³/mol. The number of para-hydroxylation sites is 2. The van der Waals surface area contributed by atoms with Crippen molar-refractivity contribution in [3.63, 3.8) is 0 Å². The molecule has 16 heavy (non-hydrogen) atoms. The van der Waals surface area contributed by atoms with Crippen LogP contribution < -0.4 is 5.32 Å². The molecular weight excluding hydrogens is 230 g/mol. The Morgan fingerprint density at radius 2 is 1.94 bits per heavy atom. The van der Waals surface area contributed by atoms with Crippen LogP contribution in [0.3, 0.4) is 0 Å². The molecular formula is C10H13NO4S. The van der Waals surface area contributed by atoms with Gasteiger partial charge in [-0.1, -0.05) is 12.1 Å². The highest BCUT2D eigenvalue weighted by Crippen LogP contribution is 2.25. The Kier molecular flexibility index (Phi) is 2.77. The first-order chi connectivity index (χ1) is 7.48. The van der Waals surface area contributed by atoms with Gasteiger partial charge in [0.05, 0.1) is 29.3 Å². The third kappa shape index (κ3) is 2.28. The fraction of sp³-hybridized carbons (Fsp3) is 0.400. The number of rotatable bonds is 2. The van der Waals surface area contributed by atoms with Crippen molar-refractivity contribution in [2.75, 3.05) is 16.8 Å². The van der Waals surface area contributed by atoms with Gasteiger partial charge in [-0.2, -0.15) is 0 Å². The van der Waals surface area contributed by atoms with Crippen molar-refractivity contribution in [3.05, 3.63) is 24.3 Å². The van der Waals surface area contributed by atoms with Crippen molar-refractivity contribution in [2.24, 2.45) is 0 Å². The van der Waals surface area contributed by atoms with Crippen LogP contribution in [-0.2, 0) is 9.84 Å². The number of phenols is 1. The summed E-state index contributed by atoms with van der Waals surface area (Å²) in [6.07, 6.45) is -0.926. The van der Waals surface area contributed by atoms with Gasteiger partial charge in [0, 0.05) is 0 Å². The molecule has 1 aliphatic rings. The van der Waals surface area contributed by atoms with Crippen molar-refractivity contribution in [1.82, 2.24) is 0 Å². The van der Waals surface area contributed by atoms with E-state index in [4.69, 9.17) is 0 Å². The largest absolute Gasteiger partial charge is 0.506 e. The molecule has 1 saturated heterocycles. The van der Waals surface area contributed by atoms with Gasteiger partial charge in [0.2, 0.25) is 0 Å². The van der Waals surface area contributed by atoms with Gasteiger partial charge in [0.25, 0.3) is 0 Å². The van der Waals surface area contributed by atoms with Gasteiger partial charge in [-0.05, 0) is 12.1 Å². The van der Waals surface area contributed by atoms with E-state index in [2.05, 4.69) is 5.32 Å². The van der Waals surface area contributed by atoms with E-state index in [0.29, 0.717) is 5.69 Å². The smallest absolute Gasteiger partial charge is 0.155 e. The van der Waals surface area contributed by atoms with Crippen molar-refractivity contribution in [1.29, 1.82) is 0 Å². The van der Waals surface area contributed by atoms with Crippen LogP contribution in [0.15, 0.2) is 24.3 Å². The number of hydrogen-bond acceptors (Lipinski definition) is 5. The van der Waals surface area contributed by atoms with E-state index in [1.807, 2.05) is 0 Å². The summed E-state index contributed by atoms with van der Waals surface area (Å²) in [6, 6.07) is 5.96. The SMILES string of the molecule is O=S1(=O)C[C@H](O)[C@H](Nc2ccccc2O)C1. The average molecular weight is 243 g/mol. The number of benzene rings is 1. The van der Waals surface area contributed by atoms with Gasteiger partial charge >= 0.3 is 0 Å². The van der Waals surface area contributed by atoms with E-state index in [9.17, 15) is 18.6 Å². The Labute approximate surface area is 93.6 Å². The second kappa shape index (κ2) is 3.95. The van der Waals surface area contributed by atoms with Crippen LogP contribution in [0.1, 0.15) is 0 Å². The zero-order chi connectivity index (χ0) is 11.8. The highest BCUT2D eigenvalue weighted by atomic mass is 32.2. The van der Waals surface area contributed by atoms with E-state index in [-0.39, 0.29) is 17.3 Å². The zero-order valence-corrected chi connectivity index (χ0v) is 9.31. The Bertz CT molecular complexity index is 485. The molecule has 1 heterocycles. The zero-order valence-electron chi connectivity index (χ0n) is 8.50. The Balaban J connectivity index is 2.15. The topological polar surface area (TPSA) is 86.6 Å². The molecule has 0 amide bonds. The molecule has 1 aromatic rings. The molecule has 1 aliphatic heterocycles. The molecule has 0 bridgehead atoms. The summed E-state index contributed by atoms with van der Waals surface area (Å²) in [6.45, 7) is 0. The molecule has 0 unspecified atom stereocenters. The molecule has 2 rings (SSSR count). The summed E-state index contributed by atoms with van der Waals surface area (Å²) >= 11 is 0. The number of nitrogens with one attached hydrogen (secondary N) is 1. The summed E-state index contributed by atoms with van der Waals surface area (Å²) in [5.41, 5.74) is 0.434. The molecule has 0 saturated carbocycles. The minimum absolute atomic E-state index is 0.0407. The number of phenolic OH excluding ortho intramolecular Hbond substituents is 1. The van der Waals surface area contributed by atoms with E-state index >= 15 is 0 Å². The Morgan fingerprint density at radius 1 is 1.25 bits per heavy atom. The van der Waals surface area contributed by atoms with Crippen LogP contribution in [0.4, 0.5) is 5.69 Å². The van der Waals surface area contributed by atoms with Gasteiger partial charge in [-0.25, -0.2) is 8.42 Å². The second-order valence-electron chi connectivity index (χ2n) is 3.91. The molecule has 0 radical (unpaired) electrons. The minimum Gasteiger partial charge on any atom is -0.506 e. The fourth-order valence-electron chi connectivity index (χ4n) is 1.76. The standard InChI is InChI=1S/C10H13NO4S/c12-9-4-2-1-3-7(9)11-8-5-16(14,15)6-10(8)13/h1-4,8,10-13H,5-6H2/t8-,10+/m1/s1. The summed E-state index contributed by atoms with van der Waals surface area (Å²) in [5, 5.41) is 21.9. The molecule has 0 spiro atoms. The van der Waals surface area contributed by atoms with Gasteiger partial charge in [0.15, 0.2) is 9.84 Å². The van der Waals surface area contributed by atoms with Crippen molar-refractivity contribution in [3.8, 4) is 5.75 Å². The normalized spacial score (nSPS) is 27.8. The number of hydrogen-bond donors (Lipinski definition) is 3. The summed E-state index contributed by atoms with van der Waals surface area (Å²) in [7, 11) is -3.17. The lowest BCUT2D eigenvalue weighted by Crippen LogP contribution is -2.31. The Hall–Kier alpha value is -1.27. The van der Waals surface area contributed by atoms with Crippen molar-refractivity contribution >= 4 is 15.5 Å². The van der Waals surface area contributed by atoms with Crippen molar-refractivity contribution < 1.29 is 18.6 Å². The summed E-state index contributed by atoms with van der Waals surface area (Å²) in [4.78, 5) is 0. The molecule has 2 atom stereocenters. The maximum atomic E-state index is 11.3. The molecule has 1 fully saturated rings. The highest BCUT2D eigenvalue weighted by molar-refractivity contribution is 7.91. The molecule has 6 heteroatoms. The number of anilines is 1. The highest BCUT2D eigenvalue weighted by Gasteiger charge is 2.36. The maximum Gasteiger partial charge on any atom is 0.155 e. The molecule has 5 nitrogen and oxygen atoms in total. The lowest BCUT2D eigenvalue weighted by Gasteiger charge is -2.16. The first-order valence-electron chi connectivity index (χ1n) is 4.91. The summed E-state index contributed by atoms with van der Waals surface area (Å²) in [5.74, 6) is -0.292. The number of aromatic hydroxyl groups is 1. The maximum absolute atomic E-state index is 11.3. The fourth-order valence-corrected chi connectivity index (χ4v) is 3.50. The van der Waals surface area contributed by atoms with Crippen LogP contribution in [0.5, 0.6) is 5.75 Å². The summed E-state index contributed by atoms with van der Waals surface area (Å²) < 4.78 is 22.5. The van der Waals surface area contributed by atoms with Crippen LogP contribution in [0, 0.1) is 0 Å². The molecule has 0 aliphatic carbocycles. The van der Waals surface area contributed by atoms with Crippen LogP contribution >= 0.6 is 0 Å². The second-order valence-corrected chi connectivity index (χ2v) is 6.07. The monoisotopic (exact) mass is 243 g/mol. The van der Waals surface area contributed by atoms with E-state index in [0.717, 1.165) is 0 Å². The van der Waals surface area contributed by atoms with E-state index in [1.165, 1.54) is 6.07 Å². The number of aliphatic hydroxyl groups is 1. The van der Waals surface area contributed by atoms with Crippen LogP contribution in [0.2, 0.25) is 0 Å². The van der Waals surface area contributed by atoms with E-state index in [1.54, 1.807) is 18.2 Å². The third-order valence-corrected chi connectivity index (χ3v) is 4.28. The molecule has 1 aromatic carbocycles. The average Bonchev–Trinajstić information content (AvgIpc) is 2.44. The lowest BCUT2D eigenvalue weighted by atomic mass is 10.2. The van der Waals surface area contributed by atoms with Gasteiger partial charge < -0.3 is 15.5 Å². The van der Waals surface area contributed by atoms with Crippen molar-refractivity contribution in [2.45, 2.75) is 12.1 Å². The Morgan fingerprint density at radius 3 is 2.50 bits per heavy atom. The first-order valence-corrected chi connectivity index (χ1v) is 6.73. The first kappa shape index (κ1) is 11.2. The van der Waals surface area contributed by atoms with Crippen LogP contribution in [0.25, 0.3) is 0 Å². The number of sulfone groups is 1. The lowest BCUT2D eigenvalue weighted by molar-refractivity contribution is 0.190. The molecule has 88 valence electrons. The molecule has 0 aromatic heterocycles. The molecule has 3 N–H and O–H groups in total. The minimum atomic E-state index is -3.17. The van der Waals surface area contributed by atoms with Gasteiger partial charge in [-0.3, -0.25) is 0 Å². The quantitative estimate of drug-likeness (QED) is 0.635. The predicted octanol–water partition coefficient (Wildman–Crippen LogP) is -0.0380. The van der Waals surface area contributed by atoms with Gasteiger partial charge in [-0.15, -0.1) is 0 Å². The number of aliphatic hydroxyl groups excluding tert-OH is 1. The van der Waals surface area contributed by atoms with Crippen LogP contribution in [-0.4, -0.2) is 42.3 Å². The third-order valence-electron chi connectivity index (χ3n) is 2.57.